The summed E-state index contributed by atoms with van der Waals surface area (Å²) in [5, 5.41) is 1.66. The fourth-order valence-electron chi connectivity index (χ4n) is 0.759. The number of rotatable bonds is 2. The van der Waals surface area contributed by atoms with E-state index in [0.29, 0.717) is 0 Å². The third-order valence-corrected chi connectivity index (χ3v) is 1.55. The van der Waals surface area contributed by atoms with Crippen LogP contribution in [0.3, 0.4) is 0 Å². The Morgan fingerprint density at radius 2 is 2.00 bits per heavy atom. The van der Waals surface area contributed by atoms with Gasteiger partial charge in [0.15, 0.2) is 0 Å². The Labute approximate surface area is 66.2 Å². The molecule has 0 N–H and O–H groups in total. The number of thiocarbonyl (C=S) groups is 1. The van der Waals surface area contributed by atoms with Crippen molar-refractivity contribution in [2.24, 2.45) is 0 Å². The highest BCUT2D eigenvalue weighted by Gasteiger charge is 1.86. The van der Waals surface area contributed by atoms with Crippen LogP contribution in [0, 0.1) is 0 Å². The molecule has 1 heteroatoms. The van der Waals surface area contributed by atoms with E-state index in [9.17, 15) is 0 Å². The third kappa shape index (κ3) is 1.52. The average Bonchev–Trinajstić information content (AvgIpc) is 2.05. The van der Waals surface area contributed by atoms with Gasteiger partial charge in [0.25, 0.3) is 0 Å². The van der Waals surface area contributed by atoms with Crippen LogP contribution in [0.15, 0.2) is 30.8 Å². The highest BCUT2D eigenvalue weighted by atomic mass is 32.1. The highest BCUT2D eigenvalue weighted by molar-refractivity contribution is 7.79. The molecule has 0 radical (unpaired) electrons. The molecule has 0 spiro atoms. The largest absolute Gasteiger partial charge is 0.0985 e. The molecule has 0 unspecified atom stereocenters. The summed E-state index contributed by atoms with van der Waals surface area (Å²) >= 11 is 4.77. The Morgan fingerprint density at radius 3 is 2.60 bits per heavy atom. The first-order valence-electron chi connectivity index (χ1n) is 3.04. The monoisotopic (exact) mass is 148 g/mol. The van der Waals surface area contributed by atoms with Gasteiger partial charge < -0.3 is 0 Å². The van der Waals surface area contributed by atoms with E-state index in [4.69, 9.17) is 12.2 Å². The third-order valence-electron chi connectivity index (χ3n) is 1.28. The van der Waals surface area contributed by atoms with Crippen LogP contribution in [0.2, 0.25) is 0 Å². The van der Waals surface area contributed by atoms with Gasteiger partial charge in [-0.3, -0.25) is 0 Å². The van der Waals surface area contributed by atoms with Crippen LogP contribution in [-0.4, -0.2) is 5.37 Å². The Morgan fingerprint density at radius 1 is 1.30 bits per heavy atom. The van der Waals surface area contributed by atoms with Crippen molar-refractivity contribution in [1.82, 2.24) is 0 Å². The van der Waals surface area contributed by atoms with Crippen LogP contribution in [0.5, 0.6) is 0 Å². The molecule has 0 saturated heterocycles. The molecule has 0 aliphatic carbocycles. The zero-order valence-electron chi connectivity index (χ0n) is 5.58. The van der Waals surface area contributed by atoms with Crippen molar-refractivity contribution in [3.8, 4) is 0 Å². The quantitative estimate of drug-likeness (QED) is 0.581. The second kappa shape index (κ2) is 3.28. The average molecular weight is 148 g/mol. The first kappa shape index (κ1) is 7.16. The van der Waals surface area contributed by atoms with Gasteiger partial charge in [0.2, 0.25) is 0 Å². The molecule has 0 aliphatic heterocycles. The van der Waals surface area contributed by atoms with Crippen LogP contribution >= 0.6 is 12.2 Å². The maximum atomic E-state index is 4.77. The van der Waals surface area contributed by atoms with E-state index in [2.05, 4.69) is 6.58 Å². The lowest BCUT2D eigenvalue weighted by Gasteiger charge is -1.92. The minimum atomic E-state index is 1.06. The molecule has 0 aromatic heterocycles. The summed E-state index contributed by atoms with van der Waals surface area (Å²) in [4.78, 5) is 0. The minimum Gasteiger partial charge on any atom is -0.0985 e. The van der Waals surface area contributed by atoms with Gasteiger partial charge >= 0.3 is 0 Å². The Kier molecular flexibility index (Phi) is 2.35. The van der Waals surface area contributed by atoms with E-state index in [1.807, 2.05) is 30.3 Å². The molecular weight excluding hydrogens is 140 g/mol. The van der Waals surface area contributed by atoms with Crippen molar-refractivity contribution in [3.63, 3.8) is 0 Å². The van der Waals surface area contributed by atoms with Crippen molar-refractivity contribution in [1.29, 1.82) is 0 Å². The molecule has 0 atom stereocenters. The molecule has 10 heavy (non-hydrogen) atoms. The zero-order chi connectivity index (χ0) is 7.40. The first-order valence-corrected chi connectivity index (χ1v) is 3.51. The summed E-state index contributed by atoms with van der Waals surface area (Å²) in [7, 11) is 0. The Balaban J connectivity index is 3.09. The Hall–Kier alpha value is -0.950. The van der Waals surface area contributed by atoms with E-state index in [1.165, 1.54) is 0 Å². The van der Waals surface area contributed by atoms with Gasteiger partial charge in [-0.25, -0.2) is 0 Å². The Bertz CT molecular complexity index is 227. The van der Waals surface area contributed by atoms with E-state index < -0.39 is 0 Å². The van der Waals surface area contributed by atoms with Gasteiger partial charge in [-0.15, -0.1) is 0 Å². The molecule has 50 valence electrons. The molecule has 0 fully saturated rings. The molecular formula is C9H8S. The predicted molar refractivity (Wildman–Crippen MR) is 49.3 cm³/mol. The van der Waals surface area contributed by atoms with Gasteiger partial charge in [0.05, 0.1) is 0 Å². The molecule has 1 rings (SSSR count). The maximum absolute atomic E-state index is 4.77. The lowest BCUT2D eigenvalue weighted by atomic mass is 10.1. The molecule has 0 saturated carbocycles. The number of hydrogen-bond donors (Lipinski definition) is 0. The maximum Gasteiger partial charge on any atom is 0.00863 e. The summed E-state index contributed by atoms with van der Waals surface area (Å²) in [5.74, 6) is 0. The topological polar surface area (TPSA) is 0 Å². The molecule has 0 amide bonds. The van der Waals surface area contributed by atoms with E-state index in [0.717, 1.165) is 11.1 Å². The van der Waals surface area contributed by atoms with Gasteiger partial charge in [-0.2, -0.15) is 0 Å². The zero-order valence-corrected chi connectivity index (χ0v) is 6.40. The smallest absolute Gasteiger partial charge is 0.00863 e. The summed E-state index contributed by atoms with van der Waals surface area (Å²) in [6.07, 6.45) is 1.81. The van der Waals surface area contributed by atoms with E-state index in [1.54, 1.807) is 5.37 Å². The van der Waals surface area contributed by atoms with Crippen molar-refractivity contribution in [2.45, 2.75) is 0 Å². The SMILES string of the molecule is C=Cc1cccc(C=S)c1. The van der Waals surface area contributed by atoms with Gasteiger partial charge in [-0.1, -0.05) is 43.1 Å². The van der Waals surface area contributed by atoms with Crippen molar-refractivity contribution >= 4 is 23.7 Å². The number of benzene rings is 1. The van der Waals surface area contributed by atoms with Crippen LogP contribution < -0.4 is 0 Å². The normalized spacial score (nSPS) is 8.80. The predicted octanol–water partition coefficient (Wildman–Crippen LogP) is 2.68. The second-order valence-corrected chi connectivity index (χ2v) is 2.23. The fraction of sp³-hybridized carbons (Fsp3) is 0. The van der Waals surface area contributed by atoms with Crippen LogP contribution in [0.1, 0.15) is 11.1 Å². The second-order valence-electron chi connectivity index (χ2n) is 1.99. The summed E-state index contributed by atoms with van der Waals surface area (Å²) < 4.78 is 0. The fourth-order valence-corrected chi connectivity index (χ4v) is 0.906. The molecule has 1 aromatic carbocycles. The van der Waals surface area contributed by atoms with Crippen molar-refractivity contribution in [3.05, 3.63) is 42.0 Å². The van der Waals surface area contributed by atoms with Crippen LogP contribution in [-0.2, 0) is 0 Å². The molecule has 0 nitrogen and oxygen atoms in total. The molecule has 0 bridgehead atoms. The van der Waals surface area contributed by atoms with E-state index in [-0.39, 0.29) is 0 Å². The lowest BCUT2D eigenvalue weighted by Crippen LogP contribution is -1.77. The van der Waals surface area contributed by atoms with Crippen LogP contribution in [0.25, 0.3) is 6.08 Å². The molecule has 0 aliphatic rings. The van der Waals surface area contributed by atoms with Crippen molar-refractivity contribution in [2.75, 3.05) is 0 Å². The molecule has 1 aromatic rings. The summed E-state index contributed by atoms with van der Waals surface area (Å²) in [6.45, 7) is 3.66. The lowest BCUT2D eigenvalue weighted by molar-refractivity contribution is 1.64. The van der Waals surface area contributed by atoms with Crippen LogP contribution in [0.4, 0.5) is 0 Å². The highest BCUT2D eigenvalue weighted by Crippen LogP contribution is 2.03. The van der Waals surface area contributed by atoms with Gasteiger partial charge in [0, 0.05) is 5.37 Å². The minimum absolute atomic E-state index is 1.06. The molecule has 0 heterocycles. The van der Waals surface area contributed by atoms with Gasteiger partial charge in [0.1, 0.15) is 0 Å². The first-order chi connectivity index (χ1) is 4.86. The standard InChI is InChI=1S/C9H8S/c1-2-8-4-3-5-9(6-8)7-10/h2-7H,1H2. The van der Waals surface area contributed by atoms with Gasteiger partial charge in [-0.05, 0) is 17.2 Å². The number of hydrogen-bond acceptors (Lipinski definition) is 1. The summed E-state index contributed by atoms with van der Waals surface area (Å²) in [5.41, 5.74) is 2.17. The summed E-state index contributed by atoms with van der Waals surface area (Å²) in [6, 6.07) is 7.94. The van der Waals surface area contributed by atoms with Crippen molar-refractivity contribution < 1.29 is 0 Å². The van der Waals surface area contributed by atoms with E-state index >= 15 is 0 Å².